The van der Waals surface area contributed by atoms with Crippen LogP contribution in [-0.2, 0) is 9.84 Å². The van der Waals surface area contributed by atoms with E-state index < -0.39 is 15.8 Å². The average molecular weight is 295 g/mol. The van der Waals surface area contributed by atoms with Crippen molar-refractivity contribution >= 4 is 38.8 Å². The van der Waals surface area contributed by atoms with E-state index in [9.17, 15) is 13.2 Å². The predicted molar refractivity (Wildman–Crippen MR) is 68.4 cm³/mol. The van der Waals surface area contributed by atoms with Gasteiger partial charge in [0, 0.05) is 14.1 Å². The molecule has 0 unspecified atom stereocenters. The van der Waals surface area contributed by atoms with Crippen LogP contribution in [0.15, 0.2) is 15.2 Å². The Balaban J connectivity index is 3.30. The van der Waals surface area contributed by atoms with Crippen LogP contribution in [0.2, 0.25) is 0 Å². The quantitative estimate of drug-likeness (QED) is 0.835. The van der Waals surface area contributed by atoms with Crippen molar-refractivity contribution in [3.8, 4) is 0 Å². The summed E-state index contributed by atoms with van der Waals surface area (Å²) in [5.74, 6) is -1.20. The molecule has 0 bridgehead atoms. The molecule has 5 nitrogen and oxygen atoms in total. The Bertz CT molecular complexity index is 518. The van der Waals surface area contributed by atoms with Crippen molar-refractivity contribution in [2.75, 3.05) is 26.3 Å². The molecule has 96 valence electrons. The van der Waals surface area contributed by atoms with E-state index in [0.29, 0.717) is 9.09 Å². The van der Waals surface area contributed by atoms with Crippen molar-refractivity contribution in [3.63, 3.8) is 0 Å². The molecule has 0 aliphatic rings. The molecule has 0 atom stereocenters. The summed E-state index contributed by atoms with van der Waals surface area (Å²) in [5, 5.41) is 8.84. The summed E-state index contributed by atoms with van der Waals surface area (Å²) in [4.78, 5) is 13.5. The zero-order valence-corrected chi connectivity index (χ0v) is 12.1. The SMILES string of the molecule is CSc1sc(C(=O)N(C)C)cc1S(=O)(=O)CO. The number of thiophene rings is 1. The molecule has 0 saturated heterocycles. The second kappa shape index (κ2) is 5.38. The molecule has 0 saturated carbocycles. The maximum atomic E-state index is 11.7. The van der Waals surface area contributed by atoms with Gasteiger partial charge >= 0.3 is 0 Å². The van der Waals surface area contributed by atoms with Gasteiger partial charge in [0.1, 0.15) is 5.94 Å². The third-order valence-corrected chi connectivity index (χ3v) is 5.82. The molecule has 1 aromatic heterocycles. The standard InChI is InChI=1S/C9H13NO4S3/c1-10(2)8(12)6-4-7(9(15-3)16-6)17(13,14)5-11/h4,11H,5H2,1-3H3. The molecule has 1 rings (SSSR count). The van der Waals surface area contributed by atoms with Gasteiger partial charge in [0.05, 0.1) is 14.0 Å². The first-order valence-corrected chi connectivity index (χ1v) is 8.26. The first-order valence-electron chi connectivity index (χ1n) is 4.56. The number of carbonyl (C=O) groups excluding carboxylic acids is 1. The summed E-state index contributed by atoms with van der Waals surface area (Å²) < 4.78 is 23.7. The Morgan fingerprint density at radius 1 is 1.53 bits per heavy atom. The van der Waals surface area contributed by atoms with Gasteiger partial charge in [-0.2, -0.15) is 0 Å². The van der Waals surface area contributed by atoms with Crippen molar-refractivity contribution < 1.29 is 18.3 Å². The molecule has 17 heavy (non-hydrogen) atoms. The molecule has 0 aliphatic heterocycles. The number of hydrogen-bond acceptors (Lipinski definition) is 6. The third kappa shape index (κ3) is 3.01. The highest BCUT2D eigenvalue weighted by Crippen LogP contribution is 2.34. The molecule has 1 amide bonds. The maximum Gasteiger partial charge on any atom is 0.263 e. The second-order valence-corrected chi connectivity index (χ2v) is 7.46. The van der Waals surface area contributed by atoms with E-state index in [1.54, 1.807) is 20.4 Å². The Morgan fingerprint density at radius 2 is 2.12 bits per heavy atom. The highest BCUT2D eigenvalue weighted by Gasteiger charge is 2.23. The molecular formula is C9H13NO4S3. The van der Waals surface area contributed by atoms with Crippen molar-refractivity contribution in [1.82, 2.24) is 4.90 Å². The van der Waals surface area contributed by atoms with Gasteiger partial charge in [-0.25, -0.2) is 8.42 Å². The summed E-state index contributed by atoms with van der Waals surface area (Å²) in [6.45, 7) is 0. The lowest BCUT2D eigenvalue weighted by Crippen LogP contribution is -2.20. The summed E-state index contributed by atoms with van der Waals surface area (Å²) in [6, 6.07) is 1.32. The smallest absolute Gasteiger partial charge is 0.263 e. The van der Waals surface area contributed by atoms with Crippen molar-refractivity contribution in [2.45, 2.75) is 9.10 Å². The van der Waals surface area contributed by atoms with Crippen molar-refractivity contribution in [3.05, 3.63) is 10.9 Å². The Kier molecular flexibility index (Phi) is 4.59. The normalized spacial score (nSPS) is 11.5. The molecule has 1 aromatic rings. The van der Waals surface area contributed by atoms with E-state index in [0.717, 1.165) is 11.3 Å². The van der Waals surface area contributed by atoms with E-state index in [1.165, 1.54) is 22.7 Å². The number of rotatable bonds is 4. The summed E-state index contributed by atoms with van der Waals surface area (Å²) in [6.07, 6.45) is 1.73. The van der Waals surface area contributed by atoms with Gasteiger partial charge in [-0.15, -0.1) is 23.1 Å². The van der Waals surface area contributed by atoms with E-state index >= 15 is 0 Å². The number of aliphatic hydroxyl groups excluding tert-OH is 1. The van der Waals surface area contributed by atoms with Gasteiger partial charge in [0.15, 0.2) is 0 Å². The van der Waals surface area contributed by atoms with Gasteiger partial charge in [0.25, 0.3) is 5.91 Å². The minimum Gasteiger partial charge on any atom is -0.380 e. The number of nitrogens with zero attached hydrogens (tertiary/aromatic N) is 1. The molecule has 0 spiro atoms. The molecule has 0 aliphatic carbocycles. The highest BCUT2D eigenvalue weighted by atomic mass is 32.2. The minimum atomic E-state index is -3.70. The fourth-order valence-electron chi connectivity index (χ4n) is 1.11. The Morgan fingerprint density at radius 3 is 2.53 bits per heavy atom. The number of amides is 1. The topological polar surface area (TPSA) is 74.7 Å². The van der Waals surface area contributed by atoms with Crippen LogP contribution in [0.3, 0.4) is 0 Å². The number of hydrogen-bond donors (Lipinski definition) is 1. The van der Waals surface area contributed by atoms with E-state index in [-0.39, 0.29) is 10.8 Å². The first-order chi connectivity index (χ1) is 7.83. The monoisotopic (exact) mass is 295 g/mol. The second-order valence-electron chi connectivity index (χ2n) is 3.41. The lowest BCUT2D eigenvalue weighted by Gasteiger charge is -2.06. The van der Waals surface area contributed by atoms with Crippen LogP contribution in [0.5, 0.6) is 0 Å². The van der Waals surface area contributed by atoms with Gasteiger partial charge in [0.2, 0.25) is 9.84 Å². The van der Waals surface area contributed by atoms with Gasteiger partial charge in [-0.3, -0.25) is 4.79 Å². The van der Waals surface area contributed by atoms with Crippen LogP contribution in [0.25, 0.3) is 0 Å². The maximum absolute atomic E-state index is 11.7. The van der Waals surface area contributed by atoms with Crippen LogP contribution < -0.4 is 0 Å². The minimum absolute atomic E-state index is 0.0303. The zero-order valence-electron chi connectivity index (χ0n) is 9.63. The zero-order chi connectivity index (χ0) is 13.2. The molecule has 0 fully saturated rings. The number of sulfone groups is 1. The number of carbonyl (C=O) groups is 1. The van der Waals surface area contributed by atoms with Gasteiger partial charge in [-0.05, 0) is 12.3 Å². The van der Waals surface area contributed by atoms with E-state index in [1.807, 2.05) is 0 Å². The van der Waals surface area contributed by atoms with E-state index in [2.05, 4.69) is 0 Å². The number of aliphatic hydroxyl groups is 1. The van der Waals surface area contributed by atoms with Crippen LogP contribution in [0, 0.1) is 0 Å². The van der Waals surface area contributed by atoms with Gasteiger partial charge < -0.3 is 10.0 Å². The van der Waals surface area contributed by atoms with Crippen molar-refractivity contribution in [1.29, 1.82) is 0 Å². The molecular weight excluding hydrogens is 282 g/mol. The molecule has 1 heterocycles. The first kappa shape index (κ1) is 14.5. The molecule has 1 N–H and O–H groups in total. The average Bonchev–Trinajstić information content (AvgIpc) is 2.72. The third-order valence-electron chi connectivity index (χ3n) is 1.97. The van der Waals surface area contributed by atoms with Crippen molar-refractivity contribution in [2.24, 2.45) is 0 Å². The highest BCUT2D eigenvalue weighted by molar-refractivity contribution is 8.01. The van der Waals surface area contributed by atoms with Crippen LogP contribution in [0.1, 0.15) is 9.67 Å². The molecule has 0 radical (unpaired) electrons. The van der Waals surface area contributed by atoms with Gasteiger partial charge in [-0.1, -0.05) is 0 Å². The summed E-state index contributed by atoms with van der Waals surface area (Å²) in [7, 11) is -0.508. The predicted octanol–water partition coefficient (Wildman–Crippen LogP) is 0.895. The number of thioether (sulfide) groups is 1. The summed E-state index contributed by atoms with van der Waals surface area (Å²) in [5.41, 5.74) is 0. The largest absolute Gasteiger partial charge is 0.380 e. The molecule has 0 aromatic carbocycles. The summed E-state index contributed by atoms with van der Waals surface area (Å²) >= 11 is 2.36. The van der Waals surface area contributed by atoms with Crippen LogP contribution >= 0.6 is 23.1 Å². The lowest BCUT2D eigenvalue weighted by molar-refractivity contribution is 0.0832. The van der Waals surface area contributed by atoms with Crippen LogP contribution in [0.4, 0.5) is 0 Å². The Labute approximate surface area is 108 Å². The van der Waals surface area contributed by atoms with Crippen LogP contribution in [-0.4, -0.2) is 50.6 Å². The van der Waals surface area contributed by atoms with E-state index in [4.69, 9.17) is 5.11 Å². The fraction of sp³-hybridized carbons (Fsp3) is 0.444. The Hall–Kier alpha value is -0.570. The lowest BCUT2D eigenvalue weighted by atomic mass is 10.4. The fourth-order valence-corrected chi connectivity index (χ4v) is 4.68. The molecule has 8 heteroatoms.